The molecule has 0 spiro atoms. The monoisotopic (exact) mass is 520 g/mol. The highest BCUT2D eigenvalue weighted by Crippen LogP contribution is 2.46. The van der Waals surface area contributed by atoms with Crippen LogP contribution >= 0.6 is 22.7 Å². The number of ketones is 1. The first-order valence-electron chi connectivity index (χ1n) is 11.3. The van der Waals surface area contributed by atoms with Gasteiger partial charge in [0.25, 0.3) is 5.78 Å². The van der Waals surface area contributed by atoms with Gasteiger partial charge in [0, 0.05) is 10.4 Å². The molecular weight excluding hydrogens is 500 g/mol. The molecule has 1 amide bonds. The van der Waals surface area contributed by atoms with Crippen molar-refractivity contribution in [3.8, 4) is 17.2 Å². The fourth-order valence-electron chi connectivity index (χ4n) is 4.34. The summed E-state index contributed by atoms with van der Waals surface area (Å²) in [5, 5.41) is 13.6. The molecule has 4 heterocycles. The summed E-state index contributed by atoms with van der Waals surface area (Å²) < 4.78 is 17.6. The molecule has 182 valence electrons. The first kappa shape index (κ1) is 22.6. The Morgan fingerprint density at radius 1 is 1.14 bits per heavy atom. The Kier molecular flexibility index (Phi) is 5.62. The van der Waals surface area contributed by atoms with Gasteiger partial charge in [0.2, 0.25) is 0 Å². The van der Waals surface area contributed by atoms with Crippen molar-refractivity contribution in [2.24, 2.45) is 0 Å². The number of ether oxygens (including phenoxy) is 3. The van der Waals surface area contributed by atoms with E-state index < -0.39 is 17.7 Å². The van der Waals surface area contributed by atoms with Crippen molar-refractivity contribution >= 4 is 55.5 Å². The number of anilines is 1. The number of aliphatic hydroxyl groups excluding tert-OH is 1. The second-order valence-electron chi connectivity index (χ2n) is 8.10. The zero-order valence-electron chi connectivity index (χ0n) is 19.1. The van der Waals surface area contributed by atoms with Crippen molar-refractivity contribution in [2.75, 3.05) is 24.7 Å². The molecule has 10 heteroatoms. The van der Waals surface area contributed by atoms with E-state index in [-0.39, 0.29) is 11.3 Å². The number of Topliss-reactive ketones (excluding diaryl/α,β-unsaturated/α-hetero) is 1. The molecule has 1 saturated heterocycles. The summed E-state index contributed by atoms with van der Waals surface area (Å²) in [6.07, 6.45) is 0. The van der Waals surface area contributed by atoms with E-state index in [1.165, 1.54) is 27.6 Å². The smallest absolute Gasteiger partial charge is 0.301 e. The lowest BCUT2D eigenvalue weighted by Gasteiger charge is -2.22. The molecule has 2 aromatic carbocycles. The van der Waals surface area contributed by atoms with E-state index in [1.54, 1.807) is 18.2 Å². The number of nitrogens with zero attached hydrogens (tertiary/aromatic N) is 2. The van der Waals surface area contributed by atoms with Crippen LogP contribution in [0.4, 0.5) is 5.13 Å². The van der Waals surface area contributed by atoms with Crippen molar-refractivity contribution in [3.63, 3.8) is 0 Å². The molecule has 2 aromatic heterocycles. The number of aromatic nitrogens is 1. The Bertz CT molecular complexity index is 1520. The van der Waals surface area contributed by atoms with Gasteiger partial charge >= 0.3 is 5.91 Å². The Hall–Kier alpha value is -3.89. The first-order chi connectivity index (χ1) is 17.5. The molecule has 0 radical (unpaired) electrons. The van der Waals surface area contributed by atoms with E-state index in [2.05, 4.69) is 4.98 Å². The normalized spacial score (nSPS) is 18.7. The summed E-state index contributed by atoms with van der Waals surface area (Å²) in [6.45, 7) is 3.27. The molecule has 0 saturated carbocycles. The molecule has 2 aliphatic heterocycles. The van der Waals surface area contributed by atoms with E-state index in [0.717, 1.165) is 9.58 Å². The Balaban J connectivity index is 1.48. The van der Waals surface area contributed by atoms with Crippen LogP contribution in [0.1, 0.15) is 23.4 Å². The van der Waals surface area contributed by atoms with Gasteiger partial charge in [0.1, 0.15) is 30.8 Å². The largest absolute Gasteiger partial charge is 0.507 e. The van der Waals surface area contributed by atoms with Crippen LogP contribution in [0.25, 0.3) is 16.0 Å². The van der Waals surface area contributed by atoms with E-state index in [9.17, 15) is 14.7 Å². The third-order valence-electron chi connectivity index (χ3n) is 5.94. The van der Waals surface area contributed by atoms with E-state index in [1.807, 2.05) is 42.6 Å². The number of amides is 1. The minimum absolute atomic E-state index is 0.00777. The van der Waals surface area contributed by atoms with Crippen molar-refractivity contribution in [1.82, 2.24) is 4.98 Å². The average Bonchev–Trinajstić information content (AvgIpc) is 3.62. The quantitative estimate of drug-likeness (QED) is 0.221. The number of carbonyl (C=O) groups is 2. The van der Waals surface area contributed by atoms with Crippen LogP contribution in [0, 0.1) is 0 Å². The summed E-state index contributed by atoms with van der Waals surface area (Å²) in [6, 6.07) is 13.3. The van der Waals surface area contributed by atoms with Gasteiger partial charge in [-0.05, 0) is 54.8 Å². The molecule has 6 rings (SSSR count). The molecule has 1 fully saturated rings. The summed E-state index contributed by atoms with van der Waals surface area (Å²) in [5.74, 6) is -0.0364. The van der Waals surface area contributed by atoms with Gasteiger partial charge in [0.05, 0.1) is 22.4 Å². The fraction of sp³-hybridized carbons (Fsp3) is 0.192. The summed E-state index contributed by atoms with van der Waals surface area (Å²) in [4.78, 5) is 33.5. The van der Waals surface area contributed by atoms with Crippen molar-refractivity contribution in [2.45, 2.75) is 13.0 Å². The third-order valence-corrected chi connectivity index (χ3v) is 7.88. The van der Waals surface area contributed by atoms with Crippen LogP contribution in [0.15, 0.2) is 59.5 Å². The number of aliphatic hydroxyl groups is 1. The van der Waals surface area contributed by atoms with Gasteiger partial charge in [-0.1, -0.05) is 17.4 Å². The van der Waals surface area contributed by atoms with Gasteiger partial charge in [-0.15, -0.1) is 11.3 Å². The van der Waals surface area contributed by atoms with E-state index in [4.69, 9.17) is 14.2 Å². The lowest BCUT2D eigenvalue weighted by atomic mass is 9.99. The molecule has 8 nitrogen and oxygen atoms in total. The Morgan fingerprint density at radius 2 is 1.97 bits per heavy atom. The van der Waals surface area contributed by atoms with Crippen LogP contribution in [-0.4, -0.2) is 41.6 Å². The summed E-state index contributed by atoms with van der Waals surface area (Å²) >= 11 is 2.69. The van der Waals surface area contributed by atoms with Crippen LogP contribution in [-0.2, 0) is 9.59 Å². The number of fused-ring (bicyclic) bond motifs is 2. The number of rotatable bonds is 5. The molecule has 0 unspecified atom stereocenters. The summed E-state index contributed by atoms with van der Waals surface area (Å²) in [5.41, 5.74) is 1.06. The lowest BCUT2D eigenvalue weighted by molar-refractivity contribution is -0.132. The minimum Gasteiger partial charge on any atom is -0.507 e. The Labute approximate surface area is 214 Å². The van der Waals surface area contributed by atoms with Crippen molar-refractivity contribution in [1.29, 1.82) is 0 Å². The van der Waals surface area contributed by atoms with E-state index in [0.29, 0.717) is 53.3 Å². The van der Waals surface area contributed by atoms with Crippen LogP contribution in [0.2, 0.25) is 0 Å². The maximum absolute atomic E-state index is 13.4. The fourth-order valence-corrected chi connectivity index (χ4v) is 6.19. The maximum atomic E-state index is 13.4. The second-order valence-corrected chi connectivity index (χ2v) is 10.1. The summed E-state index contributed by atoms with van der Waals surface area (Å²) in [7, 11) is 0. The second kappa shape index (κ2) is 8.96. The van der Waals surface area contributed by atoms with Crippen LogP contribution < -0.4 is 19.1 Å². The number of thiazole rings is 1. The third kappa shape index (κ3) is 3.69. The molecular formula is C26H20N2O6S2. The van der Waals surface area contributed by atoms with Gasteiger partial charge < -0.3 is 19.3 Å². The van der Waals surface area contributed by atoms with Gasteiger partial charge in [-0.3, -0.25) is 14.5 Å². The first-order valence-corrected chi connectivity index (χ1v) is 13.0. The average molecular weight is 521 g/mol. The molecule has 0 aliphatic carbocycles. The maximum Gasteiger partial charge on any atom is 0.301 e. The highest BCUT2D eigenvalue weighted by Gasteiger charge is 2.48. The number of hydrogen-bond donors (Lipinski definition) is 1. The predicted octanol–water partition coefficient (Wildman–Crippen LogP) is 5.15. The Morgan fingerprint density at radius 3 is 2.75 bits per heavy atom. The highest BCUT2D eigenvalue weighted by molar-refractivity contribution is 7.22. The molecule has 2 aliphatic rings. The lowest BCUT2D eigenvalue weighted by Crippen LogP contribution is -2.28. The van der Waals surface area contributed by atoms with Crippen LogP contribution in [0.3, 0.4) is 0 Å². The zero-order chi connectivity index (χ0) is 24.8. The van der Waals surface area contributed by atoms with E-state index >= 15 is 0 Å². The standard InChI is InChI=1S/C26H20N2O6S2/c1-2-32-15-6-7-16-20(13-15)36-26(27-16)28-22(19-4-3-11-35-19)21(24(30)25(28)31)23(29)14-5-8-17-18(12-14)34-10-9-33-17/h3-8,11-13,22,29H,2,9-10H2,1H3/t22-/m1/s1. The SMILES string of the molecule is CCOc1ccc2nc(N3C(=O)C(=O)C(=C(O)c4ccc5c(c4)OCCO5)[C@H]3c3cccs3)sc2c1. The van der Waals surface area contributed by atoms with Gasteiger partial charge in [-0.25, -0.2) is 4.98 Å². The number of benzene rings is 2. The highest BCUT2D eigenvalue weighted by atomic mass is 32.1. The number of thiophene rings is 1. The van der Waals surface area contributed by atoms with Gasteiger partial charge in [-0.2, -0.15) is 0 Å². The molecule has 1 N–H and O–H groups in total. The molecule has 0 bridgehead atoms. The van der Waals surface area contributed by atoms with Crippen molar-refractivity contribution in [3.05, 3.63) is 69.9 Å². The number of hydrogen-bond acceptors (Lipinski definition) is 9. The van der Waals surface area contributed by atoms with Crippen LogP contribution in [0.5, 0.6) is 17.2 Å². The predicted molar refractivity (Wildman–Crippen MR) is 137 cm³/mol. The topological polar surface area (TPSA) is 98.2 Å². The molecule has 1 atom stereocenters. The van der Waals surface area contributed by atoms with Gasteiger partial charge in [0.15, 0.2) is 16.6 Å². The zero-order valence-corrected chi connectivity index (χ0v) is 20.7. The number of carbonyl (C=O) groups excluding carboxylic acids is 2. The minimum atomic E-state index is -0.815. The molecule has 36 heavy (non-hydrogen) atoms. The molecule has 4 aromatic rings. The van der Waals surface area contributed by atoms with Crippen molar-refractivity contribution < 1.29 is 28.9 Å².